The van der Waals surface area contributed by atoms with Gasteiger partial charge in [-0.15, -0.1) is 0 Å². The van der Waals surface area contributed by atoms with E-state index in [1.54, 1.807) is 0 Å². The van der Waals surface area contributed by atoms with Crippen molar-refractivity contribution in [3.8, 4) is 0 Å². The van der Waals surface area contributed by atoms with Crippen LogP contribution in [0.15, 0.2) is 30.3 Å². The summed E-state index contributed by atoms with van der Waals surface area (Å²) in [5.41, 5.74) is 1.47. The smallest absolute Gasteiger partial charge is 0.139 e. The minimum absolute atomic E-state index is 1.17. The first-order valence-electron chi connectivity index (χ1n) is 6.38. The first-order chi connectivity index (χ1) is 8.31. The average molecular weight is 231 g/mol. The summed E-state index contributed by atoms with van der Waals surface area (Å²) < 4.78 is 1.20. The highest BCUT2D eigenvalue weighted by atomic mass is 15.7. The van der Waals surface area contributed by atoms with Gasteiger partial charge in [0.2, 0.25) is 0 Å². The first kappa shape index (κ1) is 10.0. The molecule has 0 atom stereocenters. The second-order valence-corrected chi connectivity index (χ2v) is 5.85. The SMILES string of the molecule is c1ccc(C[N+]23CN4CN(CN(C4)C2)C3)cc1. The molecule has 0 N–H and O–H groups in total. The Balaban J connectivity index is 1.61. The van der Waals surface area contributed by atoms with E-state index < -0.39 is 0 Å². The molecule has 1 aromatic carbocycles. The van der Waals surface area contributed by atoms with Crippen LogP contribution >= 0.6 is 0 Å². The monoisotopic (exact) mass is 231 g/mol. The summed E-state index contributed by atoms with van der Waals surface area (Å²) in [6.45, 7) is 8.36. The van der Waals surface area contributed by atoms with Crippen LogP contribution in [0.5, 0.6) is 0 Å². The van der Waals surface area contributed by atoms with Crippen LogP contribution in [-0.4, -0.2) is 59.2 Å². The summed E-state index contributed by atoms with van der Waals surface area (Å²) >= 11 is 0. The summed E-state index contributed by atoms with van der Waals surface area (Å²) in [4.78, 5) is 7.71. The molecule has 1 aromatic rings. The fraction of sp³-hybridized carbons (Fsp3) is 0.538. The number of nitrogens with zero attached hydrogens (tertiary/aromatic N) is 4. The van der Waals surface area contributed by atoms with E-state index in [2.05, 4.69) is 45.0 Å². The van der Waals surface area contributed by atoms with Crippen molar-refractivity contribution in [3.63, 3.8) is 0 Å². The van der Waals surface area contributed by atoms with Crippen molar-refractivity contribution < 1.29 is 4.48 Å². The summed E-state index contributed by atoms with van der Waals surface area (Å²) in [7, 11) is 0. The molecule has 4 saturated heterocycles. The molecule has 0 amide bonds. The molecule has 0 spiro atoms. The highest BCUT2D eigenvalue weighted by Crippen LogP contribution is 2.30. The highest BCUT2D eigenvalue weighted by Gasteiger charge is 2.48. The number of hydrogen-bond acceptors (Lipinski definition) is 3. The maximum absolute atomic E-state index is 2.57. The van der Waals surface area contributed by atoms with Gasteiger partial charge in [-0.25, -0.2) is 14.7 Å². The van der Waals surface area contributed by atoms with Gasteiger partial charge in [0.15, 0.2) is 0 Å². The Bertz CT molecular complexity index is 381. The molecule has 0 aliphatic carbocycles. The van der Waals surface area contributed by atoms with E-state index >= 15 is 0 Å². The summed E-state index contributed by atoms with van der Waals surface area (Å²) in [5.74, 6) is 0. The van der Waals surface area contributed by atoms with Gasteiger partial charge in [0.05, 0.1) is 20.0 Å². The summed E-state index contributed by atoms with van der Waals surface area (Å²) in [5, 5.41) is 0. The molecule has 4 nitrogen and oxygen atoms in total. The van der Waals surface area contributed by atoms with Crippen LogP contribution in [0.25, 0.3) is 0 Å². The van der Waals surface area contributed by atoms with Crippen molar-refractivity contribution in [3.05, 3.63) is 35.9 Å². The van der Waals surface area contributed by atoms with Crippen LogP contribution in [-0.2, 0) is 6.54 Å². The van der Waals surface area contributed by atoms with Crippen molar-refractivity contribution in [2.75, 3.05) is 40.0 Å². The van der Waals surface area contributed by atoms with Crippen LogP contribution in [0.1, 0.15) is 5.56 Å². The second-order valence-electron chi connectivity index (χ2n) is 5.85. The van der Waals surface area contributed by atoms with Gasteiger partial charge in [-0.05, 0) is 0 Å². The lowest BCUT2D eigenvalue weighted by Crippen LogP contribution is -2.78. The second kappa shape index (κ2) is 3.53. The van der Waals surface area contributed by atoms with Crippen LogP contribution in [0.2, 0.25) is 0 Å². The fourth-order valence-corrected chi connectivity index (χ4v) is 3.78. The summed E-state index contributed by atoms with van der Waals surface area (Å²) in [6.07, 6.45) is 0. The number of rotatable bonds is 2. The standard InChI is InChI=1S/C13H19N4/c1-2-4-13(5-3-1)6-17-10-14-7-15(11-17)9-16(8-14)12-17/h1-5H,6-12H2/q+1. The van der Waals surface area contributed by atoms with Crippen molar-refractivity contribution in [2.24, 2.45) is 0 Å². The van der Waals surface area contributed by atoms with Gasteiger partial charge < -0.3 is 0 Å². The lowest BCUT2D eigenvalue weighted by atomic mass is 10.1. The Kier molecular flexibility index (Phi) is 2.08. The normalized spacial score (nSPS) is 42.9. The molecule has 0 radical (unpaired) electrons. The Hall–Kier alpha value is -0.940. The third kappa shape index (κ3) is 1.68. The third-order valence-corrected chi connectivity index (χ3v) is 4.06. The zero-order valence-electron chi connectivity index (χ0n) is 10.1. The molecular weight excluding hydrogens is 212 g/mol. The Morgan fingerprint density at radius 2 is 1.35 bits per heavy atom. The van der Waals surface area contributed by atoms with E-state index in [4.69, 9.17) is 0 Å². The van der Waals surface area contributed by atoms with E-state index in [0.717, 1.165) is 0 Å². The maximum atomic E-state index is 2.57. The van der Waals surface area contributed by atoms with E-state index in [1.165, 1.54) is 56.6 Å². The van der Waals surface area contributed by atoms with Crippen molar-refractivity contribution in [1.82, 2.24) is 14.7 Å². The predicted molar refractivity (Wildman–Crippen MR) is 65.1 cm³/mol. The van der Waals surface area contributed by atoms with Crippen LogP contribution < -0.4 is 0 Å². The number of hydrogen-bond donors (Lipinski definition) is 0. The molecule has 4 heterocycles. The fourth-order valence-electron chi connectivity index (χ4n) is 3.78. The lowest BCUT2D eigenvalue weighted by Gasteiger charge is -2.60. The molecule has 90 valence electrons. The minimum atomic E-state index is 1.17. The molecule has 5 rings (SSSR count). The van der Waals surface area contributed by atoms with E-state index in [0.29, 0.717) is 0 Å². The topological polar surface area (TPSA) is 9.72 Å². The molecule has 4 bridgehead atoms. The van der Waals surface area contributed by atoms with Gasteiger partial charge in [-0.2, -0.15) is 0 Å². The van der Waals surface area contributed by atoms with Gasteiger partial charge in [0.25, 0.3) is 0 Å². The molecule has 0 saturated carbocycles. The van der Waals surface area contributed by atoms with Gasteiger partial charge in [0.1, 0.15) is 26.6 Å². The highest BCUT2D eigenvalue weighted by molar-refractivity contribution is 5.13. The average Bonchev–Trinajstić information content (AvgIpc) is 2.27. The molecule has 4 heteroatoms. The van der Waals surface area contributed by atoms with Crippen molar-refractivity contribution >= 4 is 0 Å². The van der Waals surface area contributed by atoms with Gasteiger partial charge in [0, 0.05) is 5.56 Å². The van der Waals surface area contributed by atoms with E-state index in [9.17, 15) is 0 Å². The number of quaternary nitrogens is 1. The Labute approximate surface area is 102 Å². The van der Waals surface area contributed by atoms with Crippen LogP contribution in [0.4, 0.5) is 0 Å². The molecular formula is C13H19N4+. The molecule has 4 aliphatic rings. The van der Waals surface area contributed by atoms with E-state index in [-0.39, 0.29) is 0 Å². The maximum Gasteiger partial charge on any atom is 0.139 e. The quantitative estimate of drug-likeness (QED) is 0.694. The lowest BCUT2D eigenvalue weighted by molar-refractivity contribution is -0.991. The van der Waals surface area contributed by atoms with Crippen molar-refractivity contribution in [1.29, 1.82) is 0 Å². The third-order valence-electron chi connectivity index (χ3n) is 4.06. The molecule has 0 aromatic heterocycles. The summed E-state index contributed by atoms with van der Waals surface area (Å²) in [6, 6.07) is 10.9. The Morgan fingerprint density at radius 3 is 1.88 bits per heavy atom. The van der Waals surface area contributed by atoms with Crippen molar-refractivity contribution in [2.45, 2.75) is 6.54 Å². The van der Waals surface area contributed by atoms with E-state index in [1.807, 2.05) is 0 Å². The van der Waals surface area contributed by atoms with Gasteiger partial charge in [-0.3, -0.25) is 4.48 Å². The Morgan fingerprint density at radius 1 is 0.824 bits per heavy atom. The molecule has 0 unspecified atom stereocenters. The van der Waals surface area contributed by atoms with Gasteiger partial charge >= 0.3 is 0 Å². The molecule has 4 fully saturated rings. The largest absolute Gasteiger partial charge is 0.282 e. The van der Waals surface area contributed by atoms with Crippen LogP contribution in [0, 0.1) is 0 Å². The number of benzene rings is 1. The molecule has 17 heavy (non-hydrogen) atoms. The van der Waals surface area contributed by atoms with Gasteiger partial charge in [-0.1, -0.05) is 30.3 Å². The minimum Gasteiger partial charge on any atom is -0.282 e. The zero-order valence-corrected chi connectivity index (χ0v) is 10.1. The molecule has 4 aliphatic heterocycles. The predicted octanol–water partition coefficient (Wildman–Crippen LogP) is 0.695. The van der Waals surface area contributed by atoms with Crippen LogP contribution in [0.3, 0.4) is 0 Å². The first-order valence-corrected chi connectivity index (χ1v) is 6.38. The zero-order chi connectivity index (χ0) is 11.3.